The van der Waals surface area contributed by atoms with Crippen molar-refractivity contribution in [2.24, 2.45) is 5.73 Å². The highest BCUT2D eigenvalue weighted by molar-refractivity contribution is 7.92. The number of hydrogen-bond donors (Lipinski definition) is 1. The van der Waals surface area contributed by atoms with Crippen LogP contribution in [-0.2, 0) is 14.6 Å². The van der Waals surface area contributed by atoms with E-state index in [1.807, 2.05) is 0 Å². The van der Waals surface area contributed by atoms with Gasteiger partial charge in [-0.3, -0.25) is 4.79 Å². The predicted molar refractivity (Wildman–Crippen MR) is 83.7 cm³/mol. The molecule has 0 spiro atoms. The zero-order valence-electron chi connectivity index (χ0n) is 13.1. The van der Waals surface area contributed by atoms with Gasteiger partial charge in [-0.1, -0.05) is 6.07 Å². The van der Waals surface area contributed by atoms with Crippen LogP contribution in [0, 0.1) is 0 Å². The Bertz CT molecular complexity index is 714. The first-order valence-corrected chi connectivity index (χ1v) is 8.85. The standard InChI is InChI=1S/C15H20N2O5S/c1-10(2)22-15(19)17-7-6-13(9-17)23(20,21)12-5-3-4-11(8-12)14(16)18/h3-5,8,10,13H,6-7,9H2,1-2H3,(H2,16,18)/t13-/m0/s1. The van der Waals surface area contributed by atoms with E-state index in [9.17, 15) is 18.0 Å². The second-order valence-corrected chi connectivity index (χ2v) is 7.95. The summed E-state index contributed by atoms with van der Waals surface area (Å²) in [5.74, 6) is -0.685. The van der Waals surface area contributed by atoms with Crippen LogP contribution in [0.5, 0.6) is 0 Å². The molecule has 2 N–H and O–H groups in total. The third-order valence-electron chi connectivity index (χ3n) is 3.63. The van der Waals surface area contributed by atoms with E-state index in [1.165, 1.54) is 29.2 Å². The van der Waals surface area contributed by atoms with Crippen molar-refractivity contribution in [3.8, 4) is 0 Å². The highest BCUT2D eigenvalue weighted by Crippen LogP contribution is 2.25. The minimum atomic E-state index is -3.65. The molecule has 1 atom stereocenters. The Labute approximate surface area is 135 Å². The van der Waals surface area contributed by atoms with Gasteiger partial charge in [0.15, 0.2) is 9.84 Å². The first-order valence-electron chi connectivity index (χ1n) is 7.31. The molecular formula is C15H20N2O5S. The molecule has 1 aliphatic heterocycles. The van der Waals surface area contributed by atoms with Crippen molar-refractivity contribution in [1.29, 1.82) is 0 Å². The van der Waals surface area contributed by atoms with Gasteiger partial charge in [0.05, 0.1) is 16.2 Å². The maximum atomic E-state index is 12.7. The topological polar surface area (TPSA) is 107 Å². The van der Waals surface area contributed by atoms with Gasteiger partial charge in [-0.2, -0.15) is 0 Å². The molecule has 2 amide bonds. The van der Waals surface area contributed by atoms with Gasteiger partial charge in [0.25, 0.3) is 0 Å². The predicted octanol–water partition coefficient (Wildman–Crippen LogP) is 1.18. The Hall–Kier alpha value is -2.09. The van der Waals surface area contributed by atoms with Crippen molar-refractivity contribution in [1.82, 2.24) is 4.90 Å². The molecule has 8 heteroatoms. The molecule has 2 rings (SSSR count). The molecule has 1 aromatic rings. The van der Waals surface area contributed by atoms with Gasteiger partial charge in [-0.15, -0.1) is 0 Å². The van der Waals surface area contributed by atoms with Crippen LogP contribution in [0.3, 0.4) is 0 Å². The number of nitrogens with zero attached hydrogens (tertiary/aromatic N) is 1. The van der Waals surface area contributed by atoms with Crippen LogP contribution in [0.15, 0.2) is 29.2 Å². The summed E-state index contributed by atoms with van der Waals surface area (Å²) in [6.45, 7) is 3.87. The number of hydrogen-bond acceptors (Lipinski definition) is 5. The van der Waals surface area contributed by atoms with E-state index in [1.54, 1.807) is 13.8 Å². The van der Waals surface area contributed by atoms with E-state index in [4.69, 9.17) is 10.5 Å². The van der Waals surface area contributed by atoms with E-state index in [-0.39, 0.29) is 23.1 Å². The smallest absolute Gasteiger partial charge is 0.410 e. The molecule has 0 aliphatic carbocycles. The number of ether oxygens (including phenoxy) is 1. The Kier molecular flexibility index (Phi) is 4.93. The van der Waals surface area contributed by atoms with Gasteiger partial charge in [0.2, 0.25) is 5.91 Å². The minimum absolute atomic E-state index is 0.0397. The summed E-state index contributed by atoms with van der Waals surface area (Å²) in [7, 11) is -3.65. The van der Waals surface area contributed by atoms with Crippen molar-refractivity contribution < 1.29 is 22.7 Å². The SMILES string of the molecule is CC(C)OC(=O)N1CC[C@H](S(=O)(=O)c2cccc(C(N)=O)c2)C1. The Morgan fingerprint density at radius 3 is 2.65 bits per heavy atom. The van der Waals surface area contributed by atoms with Crippen molar-refractivity contribution in [3.05, 3.63) is 29.8 Å². The van der Waals surface area contributed by atoms with E-state index < -0.39 is 27.1 Å². The molecule has 23 heavy (non-hydrogen) atoms. The third kappa shape index (κ3) is 3.82. The molecule has 1 heterocycles. The van der Waals surface area contributed by atoms with Crippen molar-refractivity contribution in [3.63, 3.8) is 0 Å². The second kappa shape index (κ2) is 6.57. The molecule has 1 fully saturated rings. The summed E-state index contributed by atoms with van der Waals surface area (Å²) in [6.07, 6.45) is -0.440. The normalized spacial score (nSPS) is 18.2. The highest BCUT2D eigenvalue weighted by atomic mass is 32.2. The number of likely N-dealkylation sites (tertiary alicyclic amines) is 1. The van der Waals surface area contributed by atoms with Crippen LogP contribution in [0.25, 0.3) is 0 Å². The lowest BCUT2D eigenvalue weighted by molar-refractivity contribution is 0.0837. The van der Waals surface area contributed by atoms with E-state index in [2.05, 4.69) is 0 Å². The van der Waals surface area contributed by atoms with Gasteiger partial charge in [0.1, 0.15) is 0 Å². The van der Waals surface area contributed by atoms with Crippen LogP contribution in [0.4, 0.5) is 4.79 Å². The zero-order chi connectivity index (χ0) is 17.2. The number of carbonyl (C=O) groups excluding carboxylic acids is 2. The Morgan fingerprint density at radius 2 is 2.04 bits per heavy atom. The van der Waals surface area contributed by atoms with Crippen LogP contribution in [0.2, 0.25) is 0 Å². The molecule has 0 unspecified atom stereocenters. The van der Waals surface area contributed by atoms with Crippen LogP contribution in [-0.4, -0.2) is 49.8 Å². The fourth-order valence-corrected chi connectivity index (χ4v) is 4.18. The monoisotopic (exact) mass is 340 g/mol. The van der Waals surface area contributed by atoms with E-state index in [0.717, 1.165) is 0 Å². The highest BCUT2D eigenvalue weighted by Gasteiger charge is 2.37. The fourth-order valence-electron chi connectivity index (χ4n) is 2.44. The number of rotatable bonds is 4. The quantitative estimate of drug-likeness (QED) is 0.885. The van der Waals surface area contributed by atoms with Crippen molar-refractivity contribution >= 4 is 21.8 Å². The van der Waals surface area contributed by atoms with Gasteiger partial charge in [0, 0.05) is 18.7 Å². The van der Waals surface area contributed by atoms with Gasteiger partial charge in [-0.25, -0.2) is 13.2 Å². The van der Waals surface area contributed by atoms with Crippen molar-refractivity contribution in [2.45, 2.75) is 36.5 Å². The van der Waals surface area contributed by atoms with Crippen LogP contribution >= 0.6 is 0 Å². The maximum Gasteiger partial charge on any atom is 0.410 e. The Morgan fingerprint density at radius 1 is 1.35 bits per heavy atom. The fraction of sp³-hybridized carbons (Fsp3) is 0.467. The molecule has 0 radical (unpaired) electrons. The number of nitrogens with two attached hydrogens (primary N) is 1. The molecular weight excluding hydrogens is 320 g/mol. The van der Waals surface area contributed by atoms with Crippen LogP contribution in [0.1, 0.15) is 30.6 Å². The minimum Gasteiger partial charge on any atom is -0.447 e. The third-order valence-corrected chi connectivity index (χ3v) is 5.80. The summed E-state index contributed by atoms with van der Waals surface area (Å²) >= 11 is 0. The van der Waals surface area contributed by atoms with Gasteiger partial charge >= 0.3 is 6.09 Å². The Balaban J connectivity index is 2.17. The maximum absolute atomic E-state index is 12.7. The summed E-state index contributed by atoms with van der Waals surface area (Å²) in [4.78, 5) is 24.5. The van der Waals surface area contributed by atoms with E-state index >= 15 is 0 Å². The average molecular weight is 340 g/mol. The molecule has 7 nitrogen and oxygen atoms in total. The lowest BCUT2D eigenvalue weighted by atomic mass is 10.2. The van der Waals surface area contributed by atoms with Crippen LogP contribution < -0.4 is 5.73 Å². The number of amides is 2. The largest absolute Gasteiger partial charge is 0.447 e. The van der Waals surface area contributed by atoms with Gasteiger partial charge < -0.3 is 15.4 Å². The number of primary amides is 1. The lowest BCUT2D eigenvalue weighted by Gasteiger charge is -2.18. The summed E-state index contributed by atoms with van der Waals surface area (Å²) < 4.78 is 30.4. The summed E-state index contributed by atoms with van der Waals surface area (Å²) in [5.41, 5.74) is 5.32. The zero-order valence-corrected chi connectivity index (χ0v) is 13.9. The second-order valence-electron chi connectivity index (χ2n) is 5.73. The lowest BCUT2D eigenvalue weighted by Crippen LogP contribution is -2.33. The van der Waals surface area contributed by atoms with Crippen molar-refractivity contribution in [2.75, 3.05) is 13.1 Å². The molecule has 1 saturated heterocycles. The van der Waals surface area contributed by atoms with E-state index in [0.29, 0.717) is 13.0 Å². The van der Waals surface area contributed by atoms with Gasteiger partial charge in [-0.05, 0) is 38.5 Å². The number of benzene rings is 1. The molecule has 0 bridgehead atoms. The molecule has 0 aromatic heterocycles. The first-order chi connectivity index (χ1) is 10.7. The molecule has 0 saturated carbocycles. The number of sulfone groups is 1. The summed E-state index contributed by atoms with van der Waals surface area (Å²) in [6, 6.07) is 5.64. The molecule has 1 aliphatic rings. The average Bonchev–Trinajstić information content (AvgIpc) is 2.97. The molecule has 126 valence electrons. The summed E-state index contributed by atoms with van der Waals surface area (Å²) in [5, 5.41) is -0.717. The first kappa shape index (κ1) is 17.3. The number of carbonyl (C=O) groups is 2. The molecule has 1 aromatic carbocycles.